The Hall–Kier alpha value is -1.39. The quantitative estimate of drug-likeness (QED) is 0.779. The van der Waals surface area contributed by atoms with E-state index in [4.69, 9.17) is 9.93 Å². The van der Waals surface area contributed by atoms with Crippen molar-refractivity contribution in [1.29, 1.82) is 5.41 Å². The average molecular weight is 194 g/mol. The number of aryl methyl sites for hydroxylation is 1. The molecule has 1 aliphatic heterocycles. The molecule has 0 radical (unpaired) electrons. The van der Waals surface area contributed by atoms with Crippen LogP contribution in [0, 0.1) is 12.3 Å². The van der Waals surface area contributed by atoms with Gasteiger partial charge in [0.05, 0.1) is 5.84 Å². The van der Waals surface area contributed by atoms with Gasteiger partial charge in [0, 0.05) is 32.9 Å². The minimum Gasteiger partial charge on any atom is -0.360 e. The van der Waals surface area contributed by atoms with Crippen molar-refractivity contribution in [1.82, 2.24) is 15.0 Å². The highest BCUT2D eigenvalue weighted by molar-refractivity contribution is 5.80. The molecule has 1 aromatic rings. The first-order chi connectivity index (χ1) is 6.75. The van der Waals surface area contributed by atoms with Crippen molar-refractivity contribution in [3.05, 3.63) is 11.7 Å². The summed E-state index contributed by atoms with van der Waals surface area (Å²) in [7, 11) is 0. The molecule has 0 amide bonds. The Bertz CT molecular complexity index is 333. The highest BCUT2D eigenvalue weighted by atomic mass is 16.5. The second kappa shape index (κ2) is 3.77. The molecule has 1 fully saturated rings. The lowest BCUT2D eigenvalue weighted by atomic mass is 10.3. The Kier molecular flexibility index (Phi) is 2.47. The molecule has 0 spiro atoms. The van der Waals surface area contributed by atoms with Crippen LogP contribution in [0.15, 0.2) is 4.52 Å². The van der Waals surface area contributed by atoms with Crippen molar-refractivity contribution < 1.29 is 4.52 Å². The molecule has 1 aromatic heterocycles. The van der Waals surface area contributed by atoms with Crippen molar-refractivity contribution in [2.75, 3.05) is 13.1 Å². The first-order valence-electron chi connectivity index (χ1n) is 4.87. The van der Waals surface area contributed by atoms with Gasteiger partial charge in [0.25, 0.3) is 0 Å². The number of rotatable bonds is 3. The van der Waals surface area contributed by atoms with Gasteiger partial charge in [-0.25, -0.2) is 0 Å². The Balaban J connectivity index is 1.85. The fourth-order valence-corrected chi connectivity index (χ4v) is 1.66. The maximum Gasteiger partial charge on any atom is 0.223 e. The Morgan fingerprint density at radius 1 is 1.57 bits per heavy atom. The van der Waals surface area contributed by atoms with Gasteiger partial charge in [-0.15, -0.1) is 0 Å². The van der Waals surface area contributed by atoms with Crippen molar-refractivity contribution in [2.24, 2.45) is 0 Å². The number of hydrogen-bond acceptors (Lipinski definition) is 4. The minimum absolute atomic E-state index is 0.608. The molecule has 0 aliphatic carbocycles. The van der Waals surface area contributed by atoms with Gasteiger partial charge in [-0.2, -0.15) is 4.98 Å². The summed E-state index contributed by atoms with van der Waals surface area (Å²) in [5, 5.41) is 11.5. The first-order valence-corrected chi connectivity index (χ1v) is 4.87. The molecule has 0 atom stereocenters. The molecule has 0 unspecified atom stereocenters. The zero-order chi connectivity index (χ0) is 9.97. The van der Waals surface area contributed by atoms with Gasteiger partial charge < -0.3 is 9.42 Å². The summed E-state index contributed by atoms with van der Waals surface area (Å²) in [5.41, 5.74) is 0. The number of aromatic nitrogens is 2. The number of amidine groups is 1. The summed E-state index contributed by atoms with van der Waals surface area (Å²) < 4.78 is 4.87. The summed E-state index contributed by atoms with van der Waals surface area (Å²) in [4.78, 5) is 6.20. The zero-order valence-electron chi connectivity index (χ0n) is 8.29. The monoisotopic (exact) mass is 194 g/mol. The summed E-state index contributed by atoms with van der Waals surface area (Å²) in [6.07, 6.45) is 2.77. The molecule has 0 aromatic carbocycles. The molecule has 1 aliphatic rings. The lowest BCUT2D eigenvalue weighted by Crippen LogP contribution is -2.26. The fraction of sp³-hybridized carbons (Fsp3) is 0.667. The van der Waals surface area contributed by atoms with Crippen molar-refractivity contribution in [2.45, 2.75) is 26.2 Å². The van der Waals surface area contributed by atoms with E-state index in [9.17, 15) is 0 Å². The standard InChI is InChI=1S/C9H14N4O/c1-7-11-9(12-14-7)4-6-13-5-2-3-8(13)10/h10H,2-6H2,1H3. The van der Waals surface area contributed by atoms with Gasteiger partial charge in [-0.3, -0.25) is 5.41 Å². The summed E-state index contributed by atoms with van der Waals surface area (Å²) >= 11 is 0. The predicted octanol–water partition coefficient (Wildman–Crippen LogP) is 0.994. The van der Waals surface area contributed by atoms with Crippen LogP contribution in [0.4, 0.5) is 0 Å². The van der Waals surface area contributed by atoms with Gasteiger partial charge >= 0.3 is 0 Å². The topological polar surface area (TPSA) is 66.0 Å². The molecule has 2 rings (SSSR count). The van der Waals surface area contributed by atoms with Crippen LogP contribution in [-0.4, -0.2) is 34.0 Å². The van der Waals surface area contributed by atoms with Crippen molar-refractivity contribution in [3.63, 3.8) is 0 Å². The van der Waals surface area contributed by atoms with Gasteiger partial charge in [-0.1, -0.05) is 5.16 Å². The molecule has 0 saturated carbocycles. The molecule has 1 N–H and O–H groups in total. The average Bonchev–Trinajstić information content (AvgIpc) is 2.72. The summed E-state index contributed by atoms with van der Waals surface area (Å²) in [5.74, 6) is 2.09. The van der Waals surface area contributed by atoms with Crippen LogP contribution in [0.3, 0.4) is 0 Å². The molecule has 76 valence electrons. The number of nitrogens with one attached hydrogen (secondary N) is 1. The van der Waals surface area contributed by atoms with E-state index >= 15 is 0 Å². The van der Waals surface area contributed by atoms with Crippen LogP contribution in [0.25, 0.3) is 0 Å². The third-order valence-corrected chi connectivity index (χ3v) is 2.40. The predicted molar refractivity (Wildman–Crippen MR) is 51.3 cm³/mol. The van der Waals surface area contributed by atoms with Crippen molar-refractivity contribution >= 4 is 5.84 Å². The molecule has 1 saturated heterocycles. The van der Waals surface area contributed by atoms with Gasteiger partial charge in [0.2, 0.25) is 5.89 Å². The van der Waals surface area contributed by atoms with E-state index in [1.165, 1.54) is 0 Å². The van der Waals surface area contributed by atoms with Crippen LogP contribution in [0.2, 0.25) is 0 Å². The normalized spacial score (nSPS) is 16.6. The Labute approximate surface area is 82.6 Å². The molecule has 5 heteroatoms. The second-order valence-electron chi connectivity index (χ2n) is 3.52. The SMILES string of the molecule is Cc1nc(CCN2CCCC2=N)no1. The smallest absolute Gasteiger partial charge is 0.223 e. The van der Waals surface area contributed by atoms with E-state index in [-0.39, 0.29) is 0 Å². The van der Waals surface area contributed by atoms with E-state index < -0.39 is 0 Å². The maximum atomic E-state index is 7.64. The largest absolute Gasteiger partial charge is 0.360 e. The summed E-state index contributed by atoms with van der Waals surface area (Å²) in [6, 6.07) is 0. The number of hydrogen-bond donors (Lipinski definition) is 1. The molecule has 14 heavy (non-hydrogen) atoms. The van der Waals surface area contributed by atoms with Crippen molar-refractivity contribution in [3.8, 4) is 0 Å². The van der Waals surface area contributed by atoms with Crippen LogP contribution < -0.4 is 0 Å². The lowest BCUT2D eigenvalue weighted by molar-refractivity contribution is 0.382. The van der Waals surface area contributed by atoms with Crippen LogP contribution in [0.5, 0.6) is 0 Å². The van der Waals surface area contributed by atoms with E-state index in [0.29, 0.717) is 5.89 Å². The highest BCUT2D eigenvalue weighted by Crippen LogP contribution is 2.10. The van der Waals surface area contributed by atoms with E-state index in [0.717, 1.165) is 44.0 Å². The van der Waals surface area contributed by atoms with Gasteiger partial charge in [0.15, 0.2) is 5.82 Å². The first kappa shape index (κ1) is 9.18. The lowest BCUT2D eigenvalue weighted by Gasteiger charge is -2.15. The molecular formula is C9H14N4O. The number of likely N-dealkylation sites (tertiary alicyclic amines) is 1. The van der Waals surface area contributed by atoms with E-state index in [1.54, 1.807) is 6.92 Å². The number of nitrogens with zero attached hydrogens (tertiary/aromatic N) is 3. The Morgan fingerprint density at radius 3 is 3.00 bits per heavy atom. The minimum atomic E-state index is 0.608. The molecule has 2 heterocycles. The molecule has 5 nitrogen and oxygen atoms in total. The van der Waals surface area contributed by atoms with Gasteiger partial charge in [-0.05, 0) is 6.42 Å². The van der Waals surface area contributed by atoms with Crippen LogP contribution >= 0.6 is 0 Å². The fourth-order valence-electron chi connectivity index (χ4n) is 1.66. The maximum absolute atomic E-state index is 7.64. The van der Waals surface area contributed by atoms with E-state index in [1.807, 2.05) is 0 Å². The van der Waals surface area contributed by atoms with Crippen LogP contribution in [0.1, 0.15) is 24.6 Å². The zero-order valence-corrected chi connectivity index (χ0v) is 8.29. The van der Waals surface area contributed by atoms with Crippen LogP contribution in [-0.2, 0) is 6.42 Å². The van der Waals surface area contributed by atoms with Gasteiger partial charge in [0.1, 0.15) is 0 Å². The highest BCUT2D eigenvalue weighted by Gasteiger charge is 2.16. The summed E-state index contributed by atoms with van der Waals surface area (Å²) in [6.45, 7) is 3.61. The molecule has 0 bridgehead atoms. The molecular weight excluding hydrogens is 180 g/mol. The Morgan fingerprint density at radius 2 is 2.43 bits per heavy atom. The van der Waals surface area contributed by atoms with E-state index in [2.05, 4.69) is 15.0 Å². The third kappa shape index (κ3) is 1.92. The third-order valence-electron chi connectivity index (χ3n) is 2.40. The second-order valence-corrected chi connectivity index (χ2v) is 3.52.